The van der Waals surface area contributed by atoms with E-state index in [1.807, 2.05) is 61.5 Å². The standard InChI is InChI=1S/C24H25NO2S/c1-19-9-15-22(16-10-19)27-17-5-8-24(26)25-21-13-11-20(12-14-21)18-28-23-6-3-2-4-7-23/h2-4,6-7,9-16H,5,8,17-18H2,1H3,(H,25,26). The third kappa shape index (κ3) is 6.78. The van der Waals surface area contributed by atoms with Gasteiger partial charge in [-0.05, 0) is 55.3 Å². The lowest BCUT2D eigenvalue weighted by molar-refractivity contribution is -0.116. The number of hydrogen-bond acceptors (Lipinski definition) is 3. The lowest BCUT2D eigenvalue weighted by Gasteiger charge is -2.08. The Morgan fingerprint density at radius 3 is 2.36 bits per heavy atom. The first-order chi connectivity index (χ1) is 13.7. The van der Waals surface area contributed by atoms with Gasteiger partial charge in [-0.3, -0.25) is 4.79 Å². The van der Waals surface area contributed by atoms with Gasteiger partial charge in [-0.1, -0.05) is 48.0 Å². The monoisotopic (exact) mass is 391 g/mol. The normalized spacial score (nSPS) is 10.5. The summed E-state index contributed by atoms with van der Waals surface area (Å²) < 4.78 is 5.66. The molecule has 0 aliphatic carbocycles. The van der Waals surface area contributed by atoms with Crippen LogP contribution in [0.4, 0.5) is 5.69 Å². The number of benzene rings is 3. The van der Waals surface area contributed by atoms with Crippen molar-refractivity contribution in [2.24, 2.45) is 0 Å². The average molecular weight is 392 g/mol. The summed E-state index contributed by atoms with van der Waals surface area (Å²) in [5, 5.41) is 2.95. The lowest BCUT2D eigenvalue weighted by atomic mass is 10.2. The second-order valence-electron chi connectivity index (χ2n) is 6.61. The minimum atomic E-state index is 0.0129. The van der Waals surface area contributed by atoms with Crippen molar-refractivity contribution in [3.63, 3.8) is 0 Å². The molecular weight excluding hydrogens is 366 g/mol. The van der Waals surface area contributed by atoms with Crippen molar-refractivity contribution in [1.82, 2.24) is 0 Å². The fourth-order valence-electron chi connectivity index (χ4n) is 2.65. The van der Waals surface area contributed by atoms with Crippen LogP contribution in [0.25, 0.3) is 0 Å². The van der Waals surface area contributed by atoms with E-state index >= 15 is 0 Å². The number of ether oxygens (including phenoxy) is 1. The molecule has 0 saturated carbocycles. The Balaban J connectivity index is 1.36. The fourth-order valence-corrected chi connectivity index (χ4v) is 3.52. The van der Waals surface area contributed by atoms with Gasteiger partial charge in [-0.15, -0.1) is 11.8 Å². The van der Waals surface area contributed by atoms with Crippen LogP contribution in [0.3, 0.4) is 0 Å². The molecule has 3 aromatic rings. The molecule has 3 rings (SSSR count). The van der Waals surface area contributed by atoms with Crippen molar-refractivity contribution >= 4 is 23.4 Å². The topological polar surface area (TPSA) is 38.3 Å². The second-order valence-corrected chi connectivity index (χ2v) is 7.66. The van der Waals surface area contributed by atoms with Gasteiger partial charge < -0.3 is 10.1 Å². The summed E-state index contributed by atoms with van der Waals surface area (Å²) in [6.07, 6.45) is 1.13. The smallest absolute Gasteiger partial charge is 0.224 e. The van der Waals surface area contributed by atoms with Crippen LogP contribution in [0.5, 0.6) is 5.75 Å². The molecule has 1 amide bonds. The molecule has 28 heavy (non-hydrogen) atoms. The van der Waals surface area contributed by atoms with E-state index in [0.717, 1.165) is 17.2 Å². The van der Waals surface area contributed by atoms with Crippen LogP contribution < -0.4 is 10.1 Å². The predicted octanol–water partition coefficient (Wildman–Crippen LogP) is 6.09. The fraction of sp³-hybridized carbons (Fsp3) is 0.208. The summed E-state index contributed by atoms with van der Waals surface area (Å²) in [4.78, 5) is 13.4. The van der Waals surface area contributed by atoms with E-state index in [4.69, 9.17) is 4.74 Å². The van der Waals surface area contributed by atoms with Crippen LogP contribution >= 0.6 is 11.8 Å². The summed E-state index contributed by atoms with van der Waals surface area (Å²) in [6, 6.07) is 26.3. The molecule has 0 aliphatic rings. The number of thioether (sulfide) groups is 1. The highest BCUT2D eigenvalue weighted by atomic mass is 32.2. The summed E-state index contributed by atoms with van der Waals surface area (Å²) in [7, 11) is 0. The van der Waals surface area contributed by atoms with Crippen LogP contribution in [0.15, 0.2) is 83.8 Å². The Kier molecular flexibility index (Phi) is 7.56. The Morgan fingerprint density at radius 1 is 0.929 bits per heavy atom. The van der Waals surface area contributed by atoms with Crippen LogP contribution in [0.2, 0.25) is 0 Å². The van der Waals surface area contributed by atoms with Crippen molar-refractivity contribution in [2.45, 2.75) is 30.4 Å². The van der Waals surface area contributed by atoms with Crippen molar-refractivity contribution in [3.05, 3.63) is 90.0 Å². The number of anilines is 1. The van der Waals surface area contributed by atoms with Gasteiger partial charge in [-0.25, -0.2) is 0 Å². The third-order valence-electron chi connectivity index (χ3n) is 4.22. The number of nitrogens with one attached hydrogen (secondary N) is 1. The molecular formula is C24H25NO2S. The molecule has 0 saturated heterocycles. The maximum atomic E-state index is 12.1. The molecule has 3 nitrogen and oxygen atoms in total. The molecule has 144 valence electrons. The molecule has 4 heteroatoms. The molecule has 0 atom stereocenters. The number of hydrogen-bond donors (Lipinski definition) is 1. The number of amides is 1. The maximum absolute atomic E-state index is 12.1. The van der Waals surface area contributed by atoms with Crippen molar-refractivity contribution in [1.29, 1.82) is 0 Å². The van der Waals surface area contributed by atoms with E-state index in [9.17, 15) is 4.79 Å². The van der Waals surface area contributed by atoms with E-state index < -0.39 is 0 Å². The zero-order valence-corrected chi connectivity index (χ0v) is 16.9. The number of aryl methyl sites for hydroxylation is 1. The summed E-state index contributed by atoms with van der Waals surface area (Å²) in [5.41, 5.74) is 3.27. The van der Waals surface area contributed by atoms with Gasteiger partial charge in [0.25, 0.3) is 0 Å². The quantitative estimate of drug-likeness (QED) is 0.354. The molecule has 0 bridgehead atoms. The molecule has 0 unspecified atom stereocenters. The van der Waals surface area contributed by atoms with Gasteiger partial charge in [0.1, 0.15) is 5.75 Å². The van der Waals surface area contributed by atoms with Crippen molar-refractivity contribution in [2.75, 3.05) is 11.9 Å². The van der Waals surface area contributed by atoms with Crippen LogP contribution in [-0.2, 0) is 10.5 Å². The zero-order valence-electron chi connectivity index (χ0n) is 16.1. The maximum Gasteiger partial charge on any atom is 0.224 e. The van der Waals surface area contributed by atoms with Crippen molar-refractivity contribution in [3.8, 4) is 5.75 Å². The third-order valence-corrected chi connectivity index (χ3v) is 5.31. The summed E-state index contributed by atoms with van der Waals surface area (Å²) in [6.45, 7) is 2.58. The van der Waals surface area contributed by atoms with Crippen LogP contribution in [-0.4, -0.2) is 12.5 Å². The largest absolute Gasteiger partial charge is 0.494 e. The van der Waals surface area contributed by atoms with Gasteiger partial charge in [0.05, 0.1) is 6.61 Å². The SMILES string of the molecule is Cc1ccc(OCCCC(=O)Nc2ccc(CSc3ccccc3)cc2)cc1. The Bertz CT molecular complexity index is 861. The van der Waals surface area contributed by atoms with Crippen LogP contribution in [0.1, 0.15) is 24.0 Å². The van der Waals surface area contributed by atoms with E-state index in [0.29, 0.717) is 19.4 Å². The summed E-state index contributed by atoms with van der Waals surface area (Å²) in [5.74, 6) is 1.77. The Hall–Kier alpha value is -2.72. The second kappa shape index (κ2) is 10.6. The highest BCUT2D eigenvalue weighted by Gasteiger charge is 2.03. The molecule has 0 radical (unpaired) electrons. The first-order valence-electron chi connectivity index (χ1n) is 9.45. The zero-order chi connectivity index (χ0) is 19.6. The molecule has 0 heterocycles. The van der Waals surface area contributed by atoms with E-state index in [-0.39, 0.29) is 5.91 Å². The summed E-state index contributed by atoms with van der Waals surface area (Å²) >= 11 is 1.80. The predicted molar refractivity (Wildman–Crippen MR) is 117 cm³/mol. The molecule has 0 aliphatic heterocycles. The number of carbonyl (C=O) groups excluding carboxylic acids is 1. The van der Waals surface area contributed by atoms with Gasteiger partial charge in [0.2, 0.25) is 5.91 Å². The van der Waals surface area contributed by atoms with Gasteiger partial charge in [0, 0.05) is 22.8 Å². The Morgan fingerprint density at radius 2 is 1.64 bits per heavy atom. The number of carbonyl (C=O) groups is 1. The van der Waals surface area contributed by atoms with Crippen LogP contribution in [0, 0.1) is 6.92 Å². The van der Waals surface area contributed by atoms with E-state index in [2.05, 4.69) is 29.6 Å². The molecule has 0 aromatic heterocycles. The van der Waals surface area contributed by atoms with Crippen molar-refractivity contribution < 1.29 is 9.53 Å². The van der Waals surface area contributed by atoms with Gasteiger partial charge in [0.15, 0.2) is 0 Å². The molecule has 3 aromatic carbocycles. The molecule has 0 fully saturated rings. The van der Waals surface area contributed by atoms with E-state index in [1.54, 1.807) is 11.8 Å². The van der Waals surface area contributed by atoms with E-state index in [1.165, 1.54) is 16.0 Å². The lowest BCUT2D eigenvalue weighted by Crippen LogP contribution is -2.12. The Labute approximate surface area is 171 Å². The van der Waals surface area contributed by atoms with Gasteiger partial charge in [-0.2, -0.15) is 0 Å². The minimum Gasteiger partial charge on any atom is -0.494 e. The molecule has 0 spiro atoms. The first-order valence-corrected chi connectivity index (χ1v) is 10.4. The number of rotatable bonds is 9. The minimum absolute atomic E-state index is 0.0129. The van der Waals surface area contributed by atoms with Gasteiger partial charge >= 0.3 is 0 Å². The first kappa shape index (κ1) is 20.0. The average Bonchev–Trinajstić information content (AvgIpc) is 2.73. The molecule has 1 N–H and O–H groups in total. The highest BCUT2D eigenvalue weighted by molar-refractivity contribution is 7.98. The highest BCUT2D eigenvalue weighted by Crippen LogP contribution is 2.23.